The lowest BCUT2D eigenvalue weighted by Gasteiger charge is -2.24. The Kier molecular flexibility index (Phi) is 5.33. The van der Waals surface area contributed by atoms with Crippen LogP contribution in [0.2, 0.25) is 0 Å². The molecule has 0 amide bonds. The lowest BCUT2D eigenvalue weighted by atomic mass is 10.1. The van der Waals surface area contributed by atoms with Gasteiger partial charge in [0, 0.05) is 30.4 Å². The summed E-state index contributed by atoms with van der Waals surface area (Å²) < 4.78 is 68.6. The highest BCUT2D eigenvalue weighted by Crippen LogP contribution is 2.33. The molecule has 3 aromatic rings. The Bertz CT molecular complexity index is 1060. The third-order valence-corrected chi connectivity index (χ3v) is 4.96. The molecule has 160 valence electrons. The molecule has 3 aromatic heterocycles. The molecule has 2 atom stereocenters. The monoisotopic (exact) mass is 427 g/mol. The predicted octanol–water partition coefficient (Wildman–Crippen LogP) is 3.43. The first-order valence-electron chi connectivity index (χ1n) is 9.29. The maximum absolute atomic E-state index is 14.5. The number of halogens is 5. The maximum atomic E-state index is 14.5. The molecule has 1 saturated heterocycles. The second kappa shape index (κ2) is 7.80. The first-order chi connectivity index (χ1) is 14.2. The molecule has 1 aliphatic rings. The summed E-state index contributed by atoms with van der Waals surface area (Å²) in [6, 6.07) is 2.94. The quantitative estimate of drug-likeness (QED) is 0.557. The van der Waals surface area contributed by atoms with E-state index in [0.29, 0.717) is 12.6 Å². The Morgan fingerprint density at radius 2 is 2.03 bits per heavy atom. The smallest absolute Gasteiger partial charge is 0.379 e. The fourth-order valence-corrected chi connectivity index (χ4v) is 3.44. The van der Waals surface area contributed by atoms with Crippen LogP contribution in [-0.2, 0) is 0 Å². The van der Waals surface area contributed by atoms with E-state index in [4.69, 9.17) is 0 Å². The van der Waals surface area contributed by atoms with Crippen LogP contribution < -0.4 is 10.6 Å². The van der Waals surface area contributed by atoms with E-state index in [2.05, 4.69) is 20.6 Å². The van der Waals surface area contributed by atoms with E-state index >= 15 is 0 Å². The number of nitrogens with one attached hydrogen (secondary N) is 2. The molecule has 0 aliphatic carbocycles. The topological polar surface area (TPSA) is 74.5 Å². The van der Waals surface area contributed by atoms with Gasteiger partial charge in [-0.2, -0.15) is 13.2 Å². The molecule has 0 radical (unpaired) electrons. The Morgan fingerprint density at radius 3 is 2.73 bits per heavy atom. The number of piperidine rings is 1. The lowest BCUT2D eigenvalue weighted by molar-refractivity contribution is -0.206. The van der Waals surface area contributed by atoms with Crippen molar-refractivity contribution in [3.8, 4) is 11.4 Å². The summed E-state index contributed by atoms with van der Waals surface area (Å²) in [6.45, 7) is 1.46. The van der Waals surface area contributed by atoms with Gasteiger partial charge in [-0.3, -0.25) is 4.40 Å². The average molecular weight is 427 g/mol. The van der Waals surface area contributed by atoms with Gasteiger partial charge < -0.3 is 15.7 Å². The van der Waals surface area contributed by atoms with Crippen LogP contribution in [0, 0.1) is 11.6 Å². The van der Waals surface area contributed by atoms with Gasteiger partial charge in [0.2, 0.25) is 0 Å². The number of hydrogen-bond acceptors (Lipinski definition) is 5. The molecule has 30 heavy (non-hydrogen) atoms. The van der Waals surface area contributed by atoms with Crippen LogP contribution in [0.15, 0.2) is 30.6 Å². The molecule has 2 unspecified atom stereocenters. The SMILES string of the molecule is OC(c1ccc2ncc(-c3nc(NC4CCCNC4)c(F)cc3F)n2c1)C(F)(F)F. The molecule has 11 heteroatoms. The van der Waals surface area contributed by atoms with Crippen LogP contribution in [-0.4, -0.2) is 44.8 Å². The number of fused-ring (bicyclic) bond motifs is 1. The van der Waals surface area contributed by atoms with Crippen molar-refractivity contribution >= 4 is 11.5 Å². The number of alkyl halides is 3. The van der Waals surface area contributed by atoms with Gasteiger partial charge in [0.25, 0.3) is 0 Å². The van der Waals surface area contributed by atoms with Crippen molar-refractivity contribution in [3.63, 3.8) is 0 Å². The van der Waals surface area contributed by atoms with Gasteiger partial charge in [0.05, 0.1) is 11.9 Å². The van der Waals surface area contributed by atoms with E-state index in [1.807, 2.05) is 0 Å². The summed E-state index contributed by atoms with van der Waals surface area (Å²) in [5.74, 6) is -2.01. The summed E-state index contributed by atoms with van der Waals surface area (Å²) in [6.07, 6.45) is -3.65. The molecule has 1 fully saturated rings. The van der Waals surface area contributed by atoms with Gasteiger partial charge in [-0.1, -0.05) is 6.07 Å². The van der Waals surface area contributed by atoms with Gasteiger partial charge in [0.1, 0.15) is 11.3 Å². The molecule has 4 heterocycles. The highest BCUT2D eigenvalue weighted by molar-refractivity contribution is 5.63. The van der Waals surface area contributed by atoms with Crippen LogP contribution in [0.1, 0.15) is 24.5 Å². The number of hydrogen-bond donors (Lipinski definition) is 3. The van der Waals surface area contributed by atoms with E-state index < -0.39 is 29.5 Å². The Hall–Kier alpha value is -2.79. The zero-order chi connectivity index (χ0) is 21.5. The zero-order valence-corrected chi connectivity index (χ0v) is 15.5. The largest absolute Gasteiger partial charge is 0.418 e. The van der Waals surface area contributed by atoms with Crippen molar-refractivity contribution in [3.05, 3.63) is 47.8 Å². The second-order valence-corrected chi connectivity index (χ2v) is 7.12. The third-order valence-electron chi connectivity index (χ3n) is 4.96. The van der Waals surface area contributed by atoms with E-state index in [9.17, 15) is 27.1 Å². The number of aliphatic hydroxyl groups excluding tert-OH is 1. The fourth-order valence-electron chi connectivity index (χ4n) is 3.44. The highest BCUT2D eigenvalue weighted by atomic mass is 19.4. The number of aliphatic hydroxyl groups is 1. The van der Waals surface area contributed by atoms with Crippen LogP contribution >= 0.6 is 0 Å². The van der Waals surface area contributed by atoms with Gasteiger partial charge in [-0.25, -0.2) is 18.7 Å². The van der Waals surface area contributed by atoms with Crippen molar-refractivity contribution in [2.24, 2.45) is 0 Å². The van der Waals surface area contributed by atoms with E-state index in [1.165, 1.54) is 16.7 Å². The van der Waals surface area contributed by atoms with Crippen molar-refractivity contribution in [1.29, 1.82) is 0 Å². The molecule has 0 bridgehead atoms. The third kappa shape index (κ3) is 3.94. The fraction of sp³-hybridized carbons (Fsp3) is 0.368. The summed E-state index contributed by atoms with van der Waals surface area (Å²) >= 11 is 0. The number of pyridine rings is 2. The van der Waals surface area contributed by atoms with Gasteiger partial charge in [-0.15, -0.1) is 0 Å². The summed E-state index contributed by atoms with van der Waals surface area (Å²) in [7, 11) is 0. The molecule has 0 spiro atoms. The van der Waals surface area contributed by atoms with Crippen LogP contribution in [0.5, 0.6) is 0 Å². The minimum Gasteiger partial charge on any atom is -0.379 e. The lowest BCUT2D eigenvalue weighted by Crippen LogP contribution is -2.38. The molecule has 4 rings (SSSR count). The molecule has 0 saturated carbocycles. The van der Waals surface area contributed by atoms with E-state index in [1.54, 1.807) is 0 Å². The van der Waals surface area contributed by atoms with Crippen LogP contribution in [0.4, 0.5) is 27.8 Å². The minimum absolute atomic E-state index is 0.0311. The van der Waals surface area contributed by atoms with E-state index in [-0.39, 0.29) is 28.9 Å². The predicted molar refractivity (Wildman–Crippen MR) is 98.9 cm³/mol. The van der Waals surface area contributed by atoms with E-state index in [0.717, 1.165) is 31.6 Å². The first-order valence-corrected chi connectivity index (χ1v) is 9.29. The molecule has 1 aliphatic heterocycles. The van der Waals surface area contributed by atoms with Gasteiger partial charge in [-0.05, 0) is 25.5 Å². The van der Waals surface area contributed by atoms with Gasteiger partial charge >= 0.3 is 6.18 Å². The summed E-state index contributed by atoms with van der Waals surface area (Å²) in [5, 5.41) is 15.6. The Balaban J connectivity index is 1.75. The van der Waals surface area contributed by atoms with Crippen molar-refractivity contribution < 1.29 is 27.1 Å². The number of imidazole rings is 1. The Morgan fingerprint density at radius 1 is 1.23 bits per heavy atom. The molecule has 6 nitrogen and oxygen atoms in total. The molecule has 0 aromatic carbocycles. The zero-order valence-electron chi connectivity index (χ0n) is 15.5. The number of rotatable bonds is 4. The average Bonchev–Trinajstić information content (AvgIpc) is 3.12. The normalized spacial score (nSPS) is 18.5. The summed E-state index contributed by atoms with van der Waals surface area (Å²) in [5.41, 5.74) is -0.458. The number of aromatic nitrogens is 3. The summed E-state index contributed by atoms with van der Waals surface area (Å²) in [4.78, 5) is 8.08. The number of anilines is 1. The van der Waals surface area contributed by atoms with Crippen molar-refractivity contribution in [1.82, 2.24) is 19.7 Å². The molecule has 3 N–H and O–H groups in total. The molecular formula is C19H18F5N5O. The minimum atomic E-state index is -4.86. The first kappa shape index (κ1) is 20.5. The van der Waals surface area contributed by atoms with Crippen LogP contribution in [0.25, 0.3) is 17.0 Å². The van der Waals surface area contributed by atoms with Crippen molar-refractivity contribution in [2.45, 2.75) is 31.2 Å². The van der Waals surface area contributed by atoms with Crippen molar-refractivity contribution in [2.75, 3.05) is 18.4 Å². The maximum Gasteiger partial charge on any atom is 0.418 e. The Labute approximate surface area is 167 Å². The van der Waals surface area contributed by atoms with Gasteiger partial charge in [0.15, 0.2) is 23.6 Å². The standard InChI is InChI=1S/C19H18F5N5O/c20-12-6-13(21)18(27-11-2-1-5-25-7-11)28-16(12)14-8-26-15-4-3-10(9-29(14)15)17(30)19(22,23)24/h3-4,6,8-9,11,17,25,30H,1-2,5,7H2,(H,27,28). The highest BCUT2D eigenvalue weighted by Gasteiger charge is 2.39. The van der Waals surface area contributed by atoms with Crippen LogP contribution in [0.3, 0.4) is 0 Å². The second-order valence-electron chi connectivity index (χ2n) is 7.12. The molecular weight excluding hydrogens is 409 g/mol. The number of nitrogens with zero attached hydrogens (tertiary/aromatic N) is 3.